The lowest BCUT2D eigenvalue weighted by atomic mass is 9.97. The summed E-state index contributed by atoms with van der Waals surface area (Å²) >= 11 is 0. The quantitative estimate of drug-likeness (QED) is 0.653. The number of benzene rings is 1. The molecule has 2 aromatic heterocycles. The molecule has 0 aliphatic carbocycles. The first-order chi connectivity index (χ1) is 8.93. The van der Waals surface area contributed by atoms with Crippen LogP contribution < -0.4 is 4.74 Å². The molecular formula is C14H11N3O. The normalized spacial score (nSPS) is 13.6. The number of para-hydroxylation sites is 1. The van der Waals surface area contributed by atoms with Gasteiger partial charge in [-0.3, -0.25) is 5.10 Å². The summed E-state index contributed by atoms with van der Waals surface area (Å²) in [5.74, 6) is 0.935. The van der Waals surface area contributed by atoms with Gasteiger partial charge in [0, 0.05) is 29.1 Å². The van der Waals surface area contributed by atoms with E-state index in [0.29, 0.717) is 6.61 Å². The van der Waals surface area contributed by atoms with Crippen molar-refractivity contribution in [3.8, 4) is 16.9 Å². The third-order valence-corrected chi connectivity index (χ3v) is 3.34. The SMILES string of the molecule is c1ccc2c(c1)OCCc1cnc3[nH]ncc3c1-2. The number of H-pyrrole nitrogens is 1. The summed E-state index contributed by atoms with van der Waals surface area (Å²) in [4.78, 5) is 4.40. The maximum Gasteiger partial charge on any atom is 0.155 e. The van der Waals surface area contributed by atoms with Crippen LogP contribution in [0.15, 0.2) is 36.7 Å². The number of nitrogens with zero attached hydrogens (tertiary/aromatic N) is 2. The van der Waals surface area contributed by atoms with Crippen LogP contribution in [0.5, 0.6) is 5.75 Å². The molecule has 0 unspecified atom stereocenters. The van der Waals surface area contributed by atoms with Crippen molar-refractivity contribution in [1.29, 1.82) is 0 Å². The molecule has 1 N–H and O–H groups in total. The topological polar surface area (TPSA) is 50.8 Å². The van der Waals surface area contributed by atoms with Crippen molar-refractivity contribution in [2.24, 2.45) is 0 Å². The lowest BCUT2D eigenvalue weighted by Crippen LogP contribution is -1.98. The zero-order valence-corrected chi connectivity index (χ0v) is 9.68. The smallest absolute Gasteiger partial charge is 0.155 e. The van der Waals surface area contributed by atoms with Crippen molar-refractivity contribution in [2.75, 3.05) is 6.61 Å². The number of ether oxygens (including phenoxy) is 1. The molecule has 88 valence electrons. The Morgan fingerprint density at radius 1 is 1.17 bits per heavy atom. The fourth-order valence-corrected chi connectivity index (χ4v) is 2.52. The van der Waals surface area contributed by atoms with Gasteiger partial charge in [0.15, 0.2) is 5.65 Å². The van der Waals surface area contributed by atoms with E-state index in [-0.39, 0.29) is 0 Å². The fourth-order valence-electron chi connectivity index (χ4n) is 2.52. The van der Waals surface area contributed by atoms with E-state index in [1.165, 1.54) is 11.1 Å². The van der Waals surface area contributed by atoms with E-state index in [1.807, 2.05) is 30.6 Å². The zero-order valence-electron chi connectivity index (χ0n) is 9.68. The average Bonchev–Trinajstić information content (AvgIpc) is 2.80. The molecule has 3 aromatic rings. The number of hydrogen-bond donors (Lipinski definition) is 1. The summed E-state index contributed by atoms with van der Waals surface area (Å²) in [6.45, 7) is 0.690. The molecule has 4 rings (SSSR count). The number of aromatic amines is 1. The van der Waals surface area contributed by atoms with Crippen LogP contribution in [0.25, 0.3) is 22.2 Å². The molecule has 0 fully saturated rings. The van der Waals surface area contributed by atoms with E-state index < -0.39 is 0 Å². The predicted molar refractivity (Wildman–Crippen MR) is 68.5 cm³/mol. The molecule has 0 bridgehead atoms. The lowest BCUT2D eigenvalue weighted by molar-refractivity contribution is 0.326. The summed E-state index contributed by atoms with van der Waals surface area (Å²) in [5.41, 5.74) is 4.36. The lowest BCUT2D eigenvalue weighted by Gasteiger charge is -2.08. The van der Waals surface area contributed by atoms with Gasteiger partial charge in [-0.25, -0.2) is 4.98 Å². The molecule has 0 atom stereocenters. The molecule has 4 heteroatoms. The van der Waals surface area contributed by atoms with Gasteiger partial charge in [-0.1, -0.05) is 18.2 Å². The van der Waals surface area contributed by atoms with Crippen molar-refractivity contribution in [3.05, 3.63) is 42.2 Å². The van der Waals surface area contributed by atoms with E-state index in [2.05, 4.69) is 21.2 Å². The first kappa shape index (κ1) is 9.65. The highest BCUT2D eigenvalue weighted by atomic mass is 16.5. The first-order valence-electron chi connectivity index (χ1n) is 5.96. The van der Waals surface area contributed by atoms with Gasteiger partial charge < -0.3 is 4.74 Å². The monoisotopic (exact) mass is 237 g/mol. The molecule has 1 aliphatic rings. The Bertz CT molecular complexity index is 733. The van der Waals surface area contributed by atoms with Crippen LogP contribution in [-0.2, 0) is 6.42 Å². The van der Waals surface area contributed by atoms with Crippen LogP contribution in [0.1, 0.15) is 5.56 Å². The molecule has 0 amide bonds. The number of aromatic nitrogens is 3. The Hall–Kier alpha value is -2.36. The molecule has 4 nitrogen and oxygen atoms in total. The molecule has 18 heavy (non-hydrogen) atoms. The van der Waals surface area contributed by atoms with Crippen molar-refractivity contribution in [1.82, 2.24) is 15.2 Å². The van der Waals surface area contributed by atoms with Crippen LogP contribution in [-0.4, -0.2) is 21.8 Å². The first-order valence-corrected chi connectivity index (χ1v) is 5.96. The van der Waals surface area contributed by atoms with Crippen LogP contribution in [0.3, 0.4) is 0 Å². The Kier molecular flexibility index (Phi) is 1.91. The molecule has 1 aromatic carbocycles. The van der Waals surface area contributed by atoms with Gasteiger partial charge in [-0.15, -0.1) is 0 Å². The Labute approximate surface area is 104 Å². The van der Waals surface area contributed by atoms with Gasteiger partial charge in [0.2, 0.25) is 0 Å². The van der Waals surface area contributed by atoms with E-state index in [1.54, 1.807) is 0 Å². The fraction of sp³-hybridized carbons (Fsp3) is 0.143. The van der Waals surface area contributed by atoms with Gasteiger partial charge >= 0.3 is 0 Å². The highest BCUT2D eigenvalue weighted by Gasteiger charge is 2.18. The Balaban J connectivity index is 2.15. The minimum absolute atomic E-state index is 0.690. The molecule has 0 saturated carbocycles. The van der Waals surface area contributed by atoms with Crippen LogP contribution >= 0.6 is 0 Å². The van der Waals surface area contributed by atoms with Crippen molar-refractivity contribution >= 4 is 11.0 Å². The zero-order chi connectivity index (χ0) is 11.9. The molecule has 3 heterocycles. The predicted octanol–water partition coefficient (Wildman–Crippen LogP) is 2.56. The van der Waals surface area contributed by atoms with E-state index in [4.69, 9.17) is 4.74 Å². The van der Waals surface area contributed by atoms with Crippen LogP contribution in [0.4, 0.5) is 0 Å². The molecule has 0 saturated heterocycles. The van der Waals surface area contributed by atoms with Crippen molar-refractivity contribution in [3.63, 3.8) is 0 Å². The van der Waals surface area contributed by atoms with Gasteiger partial charge in [-0.05, 0) is 11.6 Å². The molecule has 0 radical (unpaired) electrons. The summed E-state index contributed by atoms with van der Waals surface area (Å²) in [7, 11) is 0. The van der Waals surface area contributed by atoms with E-state index >= 15 is 0 Å². The van der Waals surface area contributed by atoms with Gasteiger partial charge in [0.1, 0.15) is 5.75 Å². The highest BCUT2D eigenvalue weighted by Crippen LogP contribution is 2.38. The third kappa shape index (κ3) is 1.26. The number of fused-ring (bicyclic) bond motifs is 5. The summed E-state index contributed by atoms with van der Waals surface area (Å²) < 4.78 is 5.80. The standard InChI is InChI=1S/C14H11N3O/c1-2-4-12-10(3-1)13-9(5-6-18-12)7-15-14-11(13)8-16-17-14/h1-4,7-8H,5-6H2,(H,15,16,17). The Morgan fingerprint density at radius 2 is 2.11 bits per heavy atom. The van der Waals surface area contributed by atoms with Crippen LogP contribution in [0.2, 0.25) is 0 Å². The van der Waals surface area contributed by atoms with Crippen molar-refractivity contribution in [2.45, 2.75) is 6.42 Å². The second-order valence-electron chi connectivity index (χ2n) is 4.39. The number of nitrogens with one attached hydrogen (secondary N) is 1. The van der Waals surface area contributed by atoms with Crippen molar-refractivity contribution < 1.29 is 4.74 Å². The molecule has 0 spiro atoms. The average molecular weight is 237 g/mol. The van der Waals surface area contributed by atoms with Crippen LogP contribution in [0, 0.1) is 0 Å². The molecular weight excluding hydrogens is 226 g/mol. The third-order valence-electron chi connectivity index (χ3n) is 3.34. The van der Waals surface area contributed by atoms with E-state index in [9.17, 15) is 0 Å². The molecule has 1 aliphatic heterocycles. The number of rotatable bonds is 0. The largest absolute Gasteiger partial charge is 0.493 e. The van der Waals surface area contributed by atoms with Gasteiger partial charge in [0.05, 0.1) is 12.8 Å². The summed E-state index contributed by atoms with van der Waals surface area (Å²) in [5, 5.41) is 8.06. The minimum atomic E-state index is 0.690. The summed E-state index contributed by atoms with van der Waals surface area (Å²) in [6, 6.07) is 8.13. The van der Waals surface area contributed by atoms with E-state index in [0.717, 1.165) is 28.8 Å². The summed E-state index contributed by atoms with van der Waals surface area (Å²) in [6.07, 6.45) is 4.63. The second-order valence-corrected chi connectivity index (χ2v) is 4.39. The maximum atomic E-state index is 5.80. The number of pyridine rings is 1. The minimum Gasteiger partial charge on any atom is -0.493 e. The maximum absolute atomic E-state index is 5.80. The van der Waals surface area contributed by atoms with Gasteiger partial charge in [0.25, 0.3) is 0 Å². The highest BCUT2D eigenvalue weighted by molar-refractivity contribution is 5.95. The second kappa shape index (κ2) is 3.57. The number of hydrogen-bond acceptors (Lipinski definition) is 3. The van der Waals surface area contributed by atoms with Gasteiger partial charge in [-0.2, -0.15) is 5.10 Å². The Morgan fingerprint density at radius 3 is 3.11 bits per heavy atom.